The van der Waals surface area contributed by atoms with Crippen molar-refractivity contribution in [2.24, 2.45) is 0 Å². The zero-order valence-electron chi connectivity index (χ0n) is 19.7. The Balaban J connectivity index is 1.66. The van der Waals surface area contributed by atoms with Gasteiger partial charge >= 0.3 is 0 Å². The molecule has 0 saturated heterocycles. The van der Waals surface area contributed by atoms with Gasteiger partial charge in [-0.3, -0.25) is 14.5 Å². The van der Waals surface area contributed by atoms with Gasteiger partial charge in [-0.25, -0.2) is 0 Å². The van der Waals surface area contributed by atoms with Crippen molar-refractivity contribution in [2.45, 2.75) is 58.9 Å². The van der Waals surface area contributed by atoms with Gasteiger partial charge in [-0.1, -0.05) is 52.3 Å². The van der Waals surface area contributed by atoms with Crippen molar-refractivity contribution >= 4 is 17.5 Å². The maximum absolute atomic E-state index is 12.8. The van der Waals surface area contributed by atoms with E-state index in [1.165, 1.54) is 4.90 Å². The van der Waals surface area contributed by atoms with E-state index in [0.717, 1.165) is 29.7 Å². The van der Waals surface area contributed by atoms with Crippen LogP contribution in [0.3, 0.4) is 0 Å². The van der Waals surface area contributed by atoms with E-state index in [1.807, 2.05) is 49.4 Å². The van der Waals surface area contributed by atoms with E-state index in [1.54, 1.807) is 0 Å². The van der Waals surface area contributed by atoms with E-state index in [-0.39, 0.29) is 36.4 Å². The molecule has 6 nitrogen and oxygen atoms in total. The average Bonchev–Trinajstić information content (AvgIpc) is 2.75. The number of fused-ring (bicyclic) bond motifs is 1. The molecule has 1 atom stereocenters. The standard InChI is InChI=1S/C26H34N2O4/c1-6-7-14-31-21-11-8-19(9-12-21)18(2)27-24(29)16-28-22-15-20(26(3,4)5)10-13-23(22)32-17-25(28)30/h8-13,15,18H,6-7,14,16-17H2,1-5H3,(H,27,29)/t18-/m1/s1. The van der Waals surface area contributed by atoms with Crippen LogP contribution in [0.25, 0.3) is 0 Å². The molecule has 3 rings (SSSR count). The second kappa shape index (κ2) is 10.1. The van der Waals surface area contributed by atoms with Crippen LogP contribution in [0.5, 0.6) is 11.5 Å². The quantitative estimate of drug-likeness (QED) is 0.603. The Morgan fingerprint density at radius 3 is 2.56 bits per heavy atom. The summed E-state index contributed by atoms with van der Waals surface area (Å²) in [5, 5.41) is 3.00. The predicted octanol–water partition coefficient (Wildman–Crippen LogP) is 4.77. The normalized spacial score (nSPS) is 14.4. The van der Waals surface area contributed by atoms with E-state index >= 15 is 0 Å². The molecule has 172 valence electrons. The van der Waals surface area contributed by atoms with Gasteiger partial charge in [0.1, 0.15) is 18.0 Å². The molecule has 0 unspecified atom stereocenters. The van der Waals surface area contributed by atoms with Crippen molar-refractivity contribution in [1.29, 1.82) is 0 Å². The number of rotatable bonds is 8. The molecule has 1 aliphatic heterocycles. The van der Waals surface area contributed by atoms with Crippen LogP contribution in [0.1, 0.15) is 64.6 Å². The Bertz CT molecular complexity index is 947. The summed E-state index contributed by atoms with van der Waals surface area (Å²) in [6.07, 6.45) is 2.11. The molecular weight excluding hydrogens is 404 g/mol. The molecule has 1 N–H and O–H groups in total. The van der Waals surface area contributed by atoms with Crippen LogP contribution in [0.15, 0.2) is 42.5 Å². The number of ether oxygens (including phenoxy) is 2. The number of anilines is 1. The van der Waals surface area contributed by atoms with Crippen molar-refractivity contribution in [3.8, 4) is 11.5 Å². The summed E-state index contributed by atoms with van der Waals surface area (Å²) in [5.74, 6) is 1.01. The summed E-state index contributed by atoms with van der Waals surface area (Å²) in [7, 11) is 0. The topological polar surface area (TPSA) is 67.9 Å². The van der Waals surface area contributed by atoms with E-state index in [2.05, 4.69) is 33.0 Å². The van der Waals surface area contributed by atoms with E-state index < -0.39 is 0 Å². The predicted molar refractivity (Wildman–Crippen MR) is 126 cm³/mol. The first-order valence-electron chi connectivity index (χ1n) is 11.3. The van der Waals surface area contributed by atoms with Gasteiger partial charge in [0.25, 0.3) is 5.91 Å². The number of carbonyl (C=O) groups is 2. The number of amides is 2. The molecule has 2 amide bonds. The van der Waals surface area contributed by atoms with Crippen LogP contribution in [0.4, 0.5) is 5.69 Å². The number of unbranched alkanes of at least 4 members (excludes halogenated alkanes) is 1. The first kappa shape index (κ1) is 23.6. The number of nitrogens with zero attached hydrogens (tertiary/aromatic N) is 1. The molecule has 0 saturated carbocycles. The average molecular weight is 439 g/mol. The number of carbonyl (C=O) groups excluding carboxylic acids is 2. The molecule has 2 aromatic rings. The van der Waals surface area contributed by atoms with Gasteiger partial charge in [0.05, 0.1) is 18.3 Å². The van der Waals surface area contributed by atoms with Crippen LogP contribution in [-0.4, -0.2) is 31.6 Å². The number of hydrogen-bond acceptors (Lipinski definition) is 4. The fourth-order valence-electron chi connectivity index (χ4n) is 3.54. The molecule has 1 heterocycles. The maximum Gasteiger partial charge on any atom is 0.265 e. The number of hydrogen-bond donors (Lipinski definition) is 1. The molecule has 2 aromatic carbocycles. The lowest BCUT2D eigenvalue weighted by Gasteiger charge is -2.31. The summed E-state index contributed by atoms with van der Waals surface area (Å²) in [4.78, 5) is 26.9. The lowest BCUT2D eigenvalue weighted by molar-refractivity contribution is -0.125. The zero-order chi connectivity index (χ0) is 23.3. The van der Waals surface area contributed by atoms with Crippen molar-refractivity contribution in [1.82, 2.24) is 5.32 Å². The molecule has 0 radical (unpaired) electrons. The molecule has 0 aromatic heterocycles. The second-order valence-corrected chi connectivity index (χ2v) is 9.26. The highest BCUT2D eigenvalue weighted by Gasteiger charge is 2.29. The van der Waals surface area contributed by atoms with E-state index in [9.17, 15) is 9.59 Å². The Morgan fingerprint density at radius 1 is 1.19 bits per heavy atom. The number of benzene rings is 2. The fourth-order valence-corrected chi connectivity index (χ4v) is 3.54. The first-order chi connectivity index (χ1) is 15.2. The zero-order valence-corrected chi connectivity index (χ0v) is 19.7. The number of nitrogens with one attached hydrogen (secondary N) is 1. The van der Waals surface area contributed by atoms with Crippen molar-refractivity contribution in [3.05, 3.63) is 53.6 Å². The SMILES string of the molecule is CCCCOc1ccc([C@@H](C)NC(=O)CN2C(=O)COc3ccc(C(C)(C)C)cc32)cc1. The highest BCUT2D eigenvalue weighted by molar-refractivity contribution is 6.02. The summed E-state index contributed by atoms with van der Waals surface area (Å²) < 4.78 is 11.3. The Hall–Kier alpha value is -3.02. The molecule has 0 bridgehead atoms. The monoisotopic (exact) mass is 438 g/mol. The van der Waals surface area contributed by atoms with Crippen LogP contribution in [0, 0.1) is 0 Å². The molecule has 0 spiro atoms. The lowest BCUT2D eigenvalue weighted by Crippen LogP contribution is -2.45. The summed E-state index contributed by atoms with van der Waals surface area (Å²) in [6, 6.07) is 13.4. The molecule has 6 heteroatoms. The minimum absolute atomic E-state index is 0.0503. The van der Waals surface area contributed by atoms with Gasteiger partial charge in [-0.2, -0.15) is 0 Å². The van der Waals surface area contributed by atoms with Crippen LogP contribution < -0.4 is 19.7 Å². The van der Waals surface area contributed by atoms with Crippen LogP contribution in [-0.2, 0) is 15.0 Å². The van der Waals surface area contributed by atoms with Crippen molar-refractivity contribution in [2.75, 3.05) is 24.7 Å². The van der Waals surface area contributed by atoms with E-state index in [4.69, 9.17) is 9.47 Å². The van der Waals surface area contributed by atoms with Gasteiger partial charge in [0.2, 0.25) is 5.91 Å². The van der Waals surface area contributed by atoms with Gasteiger partial charge in [-0.05, 0) is 54.2 Å². The van der Waals surface area contributed by atoms with Gasteiger partial charge in [0, 0.05) is 0 Å². The Morgan fingerprint density at radius 2 is 1.91 bits per heavy atom. The summed E-state index contributed by atoms with van der Waals surface area (Å²) in [6.45, 7) is 11.0. The second-order valence-electron chi connectivity index (χ2n) is 9.26. The minimum Gasteiger partial charge on any atom is -0.494 e. The lowest BCUT2D eigenvalue weighted by atomic mass is 9.86. The smallest absolute Gasteiger partial charge is 0.265 e. The van der Waals surface area contributed by atoms with Crippen molar-refractivity contribution in [3.63, 3.8) is 0 Å². The van der Waals surface area contributed by atoms with Gasteiger partial charge in [0.15, 0.2) is 6.61 Å². The fraction of sp³-hybridized carbons (Fsp3) is 0.462. The third kappa shape index (κ3) is 5.81. The summed E-state index contributed by atoms with van der Waals surface area (Å²) >= 11 is 0. The Kier molecular flexibility index (Phi) is 7.44. The summed E-state index contributed by atoms with van der Waals surface area (Å²) in [5.41, 5.74) is 2.62. The minimum atomic E-state index is -0.222. The van der Waals surface area contributed by atoms with Crippen molar-refractivity contribution < 1.29 is 19.1 Å². The highest BCUT2D eigenvalue weighted by Crippen LogP contribution is 2.36. The third-order valence-electron chi connectivity index (χ3n) is 5.59. The Labute approximate surface area is 190 Å². The molecule has 0 aliphatic carbocycles. The van der Waals surface area contributed by atoms with Gasteiger partial charge < -0.3 is 14.8 Å². The third-order valence-corrected chi connectivity index (χ3v) is 5.59. The maximum atomic E-state index is 12.8. The molecule has 0 fully saturated rings. The largest absolute Gasteiger partial charge is 0.494 e. The van der Waals surface area contributed by atoms with Crippen LogP contribution in [0.2, 0.25) is 0 Å². The highest BCUT2D eigenvalue weighted by atomic mass is 16.5. The van der Waals surface area contributed by atoms with Gasteiger partial charge in [-0.15, -0.1) is 0 Å². The molecule has 32 heavy (non-hydrogen) atoms. The first-order valence-corrected chi connectivity index (χ1v) is 11.3. The van der Waals surface area contributed by atoms with Crippen LogP contribution >= 0.6 is 0 Å². The molecule has 1 aliphatic rings. The molecular formula is C26H34N2O4. The van der Waals surface area contributed by atoms with E-state index in [0.29, 0.717) is 18.0 Å².